The smallest absolute Gasteiger partial charge is 0.407 e. The molecule has 0 saturated carbocycles. The van der Waals surface area contributed by atoms with E-state index in [1.54, 1.807) is 60.6 Å². The molecule has 48 heavy (non-hydrogen) atoms. The fourth-order valence-electron chi connectivity index (χ4n) is 5.19. The van der Waals surface area contributed by atoms with Crippen molar-refractivity contribution in [2.75, 3.05) is 18.4 Å². The Bertz CT molecular complexity index is 1300. The lowest BCUT2D eigenvalue weighted by Crippen LogP contribution is -2.58. The molecule has 6 amide bonds. The average molecular weight is 678 g/mol. The maximum Gasteiger partial charge on any atom is 0.407 e. The third-order valence-corrected chi connectivity index (χ3v) is 7.51. The van der Waals surface area contributed by atoms with E-state index in [-0.39, 0.29) is 18.9 Å². The quantitative estimate of drug-likeness (QED) is 0.138. The number of anilines is 1. The Kier molecular flexibility index (Phi) is 13.1. The molecule has 16 heteroatoms. The van der Waals surface area contributed by atoms with Crippen LogP contribution < -0.4 is 38.1 Å². The van der Waals surface area contributed by atoms with Gasteiger partial charge in [0.15, 0.2) is 18.2 Å². The third kappa shape index (κ3) is 11.6. The first-order valence-electron chi connectivity index (χ1n) is 16.1. The molecule has 0 aromatic heterocycles. The summed E-state index contributed by atoms with van der Waals surface area (Å²) >= 11 is 0. The first-order valence-corrected chi connectivity index (χ1v) is 16.1. The maximum absolute atomic E-state index is 13.5. The Morgan fingerprint density at radius 3 is 2.21 bits per heavy atom. The van der Waals surface area contributed by atoms with Crippen LogP contribution in [0.2, 0.25) is 0 Å². The summed E-state index contributed by atoms with van der Waals surface area (Å²) in [6.45, 7) is 12.8. The number of nitrogens with two attached hydrogens (primary N) is 2. The summed E-state index contributed by atoms with van der Waals surface area (Å²) in [6.07, 6.45) is -2.05. The minimum absolute atomic E-state index is 0.162. The Morgan fingerprint density at radius 1 is 0.958 bits per heavy atom. The number of ether oxygens (including phenoxy) is 4. The lowest BCUT2D eigenvalue weighted by Gasteiger charge is -2.28. The number of benzene rings is 1. The van der Waals surface area contributed by atoms with E-state index in [9.17, 15) is 24.0 Å². The Labute approximate surface area is 281 Å². The van der Waals surface area contributed by atoms with Gasteiger partial charge in [0.25, 0.3) is 5.91 Å². The van der Waals surface area contributed by atoms with E-state index >= 15 is 0 Å². The van der Waals surface area contributed by atoms with E-state index in [1.165, 1.54) is 0 Å². The summed E-state index contributed by atoms with van der Waals surface area (Å²) in [6, 6.07) is 3.46. The van der Waals surface area contributed by atoms with E-state index in [0.717, 1.165) is 5.56 Å². The molecule has 3 rings (SSSR count). The summed E-state index contributed by atoms with van der Waals surface area (Å²) in [5.41, 5.74) is 12.2. The number of fused-ring (bicyclic) bond motifs is 1. The number of alkyl carbamates (subject to hydrolysis) is 1. The summed E-state index contributed by atoms with van der Waals surface area (Å²) in [7, 11) is 0. The second-order valence-corrected chi connectivity index (χ2v) is 13.7. The molecule has 16 nitrogen and oxygen atoms in total. The average Bonchev–Trinajstić information content (AvgIpc) is 3.44. The van der Waals surface area contributed by atoms with Gasteiger partial charge in [-0.1, -0.05) is 26.0 Å². The van der Waals surface area contributed by atoms with Gasteiger partial charge in [-0.05, 0) is 77.5 Å². The molecule has 0 spiro atoms. The van der Waals surface area contributed by atoms with Gasteiger partial charge in [-0.25, -0.2) is 9.59 Å². The standard InChI is InChI=1S/C32H51N7O9/c1-17(2)22(39-27(42)23-21(33)24-28(45-23)47-32(6,7)46-24)26(41)38-20(9-8-15-35-29(34)43)25(40)37-19-12-10-18(11-13-19)14-16-36-30(44)48-31(3,4)5/h10-13,17,20-24,28H,8-9,14-16,33H2,1-7H3,(H,36,44)(H,37,40)(H,38,41)(H,39,42)(H3,34,35,43)/t20-,21-,22-,23+,24-,28-/m1/s1. The van der Waals surface area contributed by atoms with Crippen LogP contribution >= 0.6 is 0 Å². The molecule has 268 valence electrons. The van der Waals surface area contributed by atoms with Gasteiger partial charge in [-0.3, -0.25) is 14.4 Å². The van der Waals surface area contributed by atoms with Crippen LogP contribution in [-0.2, 0) is 39.8 Å². The first-order chi connectivity index (χ1) is 22.3. The van der Waals surface area contributed by atoms with Crippen molar-refractivity contribution in [1.82, 2.24) is 21.3 Å². The third-order valence-electron chi connectivity index (χ3n) is 7.51. The molecule has 0 aliphatic carbocycles. The zero-order valence-corrected chi connectivity index (χ0v) is 28.7. The molecule has 6 atom stereocenters. The first kappa shape index (κ1) is 38.5. The highest BCUT2D eigenvalue weighted by Crippen LogP contribution is 2.36. The predicted molar refractivity (Wildman–Crippen MR) is 175 cm³/mol. The van der Waals surface area contributed by atoms with Crippen molar-refractivity contribution in [3.8, 4) is 0 Å². The van der Waals surface area contributed by atoms with Crippen molar-refractivity contribution in [3.63, 3.8) is 0 Å². The topological polar surface area (TPSA) is 234 Å². The highest BCUT2D eigenvalue weighted by molar-refractivity contribution is 5.98. The van der Waals surface area contributed by atoms with Crippen molar-refractivity contribution in [2.45, 2.75) is 116 Å². The number of amides is 6. The van der Waals surface area contributed by atoms with Crippen molar-refractivity contribution in [2.24, 2.45) is 17.4 Å². The highest BCUT2D eigenvalue weighted by Gasteiger charge is 2.55. The molecule has 2 fully saturated rings. The predicted octanol–water partition coefficient (Wildman–Crippen LogP) is 0.970. The highest BCUT2D eigenvalue weighted by atomic mass is 16.8. The van der Waals surface area contributed by atoms with Gasteiger partial charge in [0.05, 0.1) is 6.04 Å². The number of carbonyl (C=O) groups is 5. The van der Waals surface area contributed by atoms with Crippen LogP contribution in [0.15, 0.2) is 24.3 Å². The SMILES string of the molecule is CC(C)[C@@H](NC(=O)[C@H]1O[C@@H]2OC(C)(C)O[C@@H]2[C@@H]1N)C(=O)N[C@H](CCCNC(N)=O)C(=O)Nc1ccc(CCNC(=O)OC(C)(C)C)cc1. The molecule has 0 unspecified atom stereocenters. The van der Waals surface area contributed by atoms with Gasteiger partial charge >= 0.3 is 12.1 Å². The second kappa shape index (κ2) is 16.4. The Morgan fingerprint density at radius 2 is 1.62 bits per heavy atom. The molecule has 2 aliphatic heterocycles. The van der Waals surface area contributed by atoms with Crippen LogP contribution in [0, 0.1) is 5.92 Å². The number of rotatable bonds is 14. The summed E-state index contributed by atoms with van der Waals surface area (Å²) in [5, 5.41) is 13.4. The molecular formula is C32H51N7O9. The zero-order valence-electron chi connectivity index (χ0n) is 28.7. The number of carbonyl (C=O) groups excluding carboxylic acids is 5. The molecule has 2 saturated heterocycles. The van der Waals surface area contributed by atoms with Gasteiger partial charge in [-0.15, -0.1) is 0 Å². The Hall–Kier alpha value is -3.99. The summed E-state index contributed by atoms with van der Waals surface area (Å²) in [4.78, 5) is 63.1. The minimum atomic E-state index is -1.11. The number of hydrogen-bond donors (Lipinski definition) is 7. The van der Waals surface area contributed by atoms with Crippen molar-refractivity contribution in [1.29, 1.82) is 0 Å². The number of nitrogens with one attached hydrogen (secondary N) is 5. The minimum Gasteiger partial charge on any atom is -0.444 e. The van der Waals surface area contributed by atoms with Crippen LogP contribution in [0.25, 0.3) is 0 Å². The molecule has 1 aromatic rings. The fourth-order valence-corrected chi connectivity index (χ4v) is 5.19. The van der Waals surface area contributed by atoms with E-state index < -0.39 is 77.9 Å². The van der Waals surface area contributed by atoms with Crippen LogP contribution in [0.1, 0.15) is 66.9 Å². The van der Waals surface area contributed by atoms with Crippen LogP contribution in [0.3, 0.4) is 0 Å². The number of primary amides is 1. The van der Waals surface area contributed by atoms with Crippen molar-refractivity contribution >= 4 is 35.5 Å². The number of hydrogen-bond acceptors (Lipinski definition) is 10. The summed E-state index contributed by atoms with van der Waals surface area (Å²) in [5.74, 6) is -2.96. The molecule has 9 N–H and O–H groups in total. The molecule has 2 aliphatic rings. The monoisotopic (exact) mass is 677 g/mol. The van der Waals surface area contributed by atoms with E-state index in [1.807, 2.05) is 12.1 Å². The molecule has 0 bridgehead atoms. The fraction of sp³-hybridized carbons (Fsp3) is 0.656. The van der Waals surface area contributed by atoms with Gasteiger partial charge < -0.3 is 57.0 Å². The van der Waals surface area contributed by atoms with E-state index in [4.69, 9.17) is 30.4 Å². The van der Waals surface area contributed by atoms with Crippen LogP contribution in [0.4, 0.5) is 15.3 Å². The normalized spacial score (nSPS) is 22.6. The van der Waals surface area contributed by atoms with Gasteiger partial charge in [0.2, 0.25) is 11.8 Å². The molecule has 2 heterocycles. The number of urea groups is 1. The maximum atomic E-state index is 13.5. The second-order valence-electron chi connectivity index (χ2n) is 13.7. The van der Waals surface area contributed by atoms with E-state index in [0.29, 0.717) is 25.1 Å². The molecule has 1 aromatic carbocycles. The van der Waals surface area contributed by atoms with Gasteiger partial charge in [-0.2, -0.15) is 0 Å². The van der Waals surface area contributed by atoms with E-state index in [2.05, 4.69) is 26.6 Å². The van der Waals surface area contributed by atoms with Crippen LogP contribution in [-0.4, -0.2) is 90.9 Å². The van der Waals surface area contributed by atoms with Gasteiger partial charge in [0.1, 0.15) is 23.8 Å². The lowest BCUT2D eigenvalue weighted by molar-refractivity contribution is -0.207. The van der Waals surface area contributed by atoms with Crippen molar-refractivity contribution in [3.05, 3.63) is 29.8 Å². The van der Waals surface area contributed by atoms with Gasteiger partial charge in [0, 0.05) is 18.8 Å². The lowest BCUT2D eigenvalue weighted by atomic mass is 10.0. The largest absolute Gasteiger partial charge is 0.444 e. The van der Waals surface area contributed by atoms with Crippen molar-refractivity contribution < 1.29 is 42.9 Å². The zero-order chi connectivity index (χ0) is 35.8. The molecular weight excluding hydrogens is 626 g/mol. The molecule has 0 radical (unpaired) electrons. The Balaban J connectivity index is 1.61. The van der Waals surface area contributed by atoms with Crippen LogP contribution in [0.5, 0.6) is 0 Å². The summed E-state index contributed by atoms with van der Waals surface area (Å²) < 4.78 is 22.4.